The quantitative estimate of drug-likeness (QED) is 0.828. The fourth-order valence-corrected chi connectivity index (χ4v) is 1.90. The SMILES string of the molecule is CC(C)c1ccc(/C=C/C(=O)N2CC(O)C2)cc1. The molecule has 1 aromatic rings. The van der Waals surface area contributed by atoms with Crippen LogP contribution in [0.3, 0.4) is 0 Å². The Morgan fingerprint density at radius 3 is 2.44 bits per heavy atom. The number of benzene rings is 1. The van der Waals surface area contributed by atoms with E-state index in [4.69, 9.17) is 5.11 Å². The summed E-state index contributed by atoms with van der Waals surface area (Å²) in [5.74, 6) is 0.487. The molecule has 1 fully saturated rings. The molecule has 0 spiro atoms. The molecule has 3 nitrogen and oxygen atoms in total. The van der Waals surface area contributed by atoms with Crippen LogP contribution in [-0.4, -0.2) is 35.1 Å². The van der Waals surface area contributed by atoms with Crippen molar-refractivity contribution >= 4 is 12.0 Å². The Kier molecular flexibility index (Phi) is 3.82. The second kappa shape index (κ2) is 5.36. The van der Waals surface area contributed by atoms with Gasteiger partial charge in [-0.15, -0.1) is 0 Å². The van der Waals surface area contributed by atoms with Gasteiger partial charge in [0.15, 0.2) is 0 Å². The van der Waals surface area contributed by atoms with Crippen molar-refractivity contribution in [3.05, 3.63) is 41.5 Å². The lowest BCUT2D eigenvalue weighted by molar-refractivity contribution is -0.135. The van der Waals surface area contributed by atoms with Gasteiger partial charge >= 0.3 is 0 Å². The lowest BCUT2D eigenvalue weighted by Gasteiger charge is -2.34. The lowest BCUT2D eigenvalue weighted by Crippen LogP contribution is -2.52. The molecule has 0 radical (unpaired) electrons. The average molecular weight is 245 g/mol. The van der Waals surface area contributed by atoms with Crippen LogP contribution in [0.25, 0.3) is 6.08 Å². The molecule has 1 aliphatic rings. The van der Waals surface area contributed by atoms with Crippen LogP contribution >= 0.6 is 0 Å². The number of hydrogen-bond donors (Lipinski definition) is 1. The Morgan fingerprint density at radius 1 is 1.33 bits per heavy atom. The van der Waals surface area contributed by atoms with Crippen molar-refractivity contribution in [3.63, 3.8) is 0 Å². The molecular formula is C15H19NO2. The third kappa shape index (κ3) is 2.99. The summed E-state index contributed by atoms with van der Waals surface area (Å²) in [5.41, 5.74) is 2.32. The van der Waals surface area contributed by atoms with Gasteiger partial charge < -0.3 is 10.0 Å². The highest BCUT2D eigenvalue weighted by Gasteiger charge is 2.26. The zero-order valence-corrected chi connectivity index (χ0v) is 10.8. The molecule has 0 bridgehead atoms. The van der Waals surface area contributed by atoms with Crippen LogP contribution in [0.2, 0.25) is 0 Å². The van der Waals surface area contributed by atoms with E-state index in [-0.39, 0.29) is 12.0 Å². The van der Waals surface area contributed by atoms with E-state index in [0.717, 1.165) is 5.56 Å². The number of aliphatic hydroxyl groups excluding tert-OH is 1. The molecule has 1 aliphatic heterocycles. The van der Waals surface area contributed by atoms with Crippen LogP contribution in [0.4, 0.5) is 0 Å². The number of rotatable bonds is 3. The Hall–Kier alpha value is -1.61. The number of hydrogen-bond acceptors (Lipinski definition) is 2. The van der Waals surface area contributed by atoms with E-state index in [9.17, 15) is 4.79 Å². The summed E-state index contributed by atoms with van der Waals surface area (Å²) in [6, 6.07) is 8.21. The number of amides is 1. The molecule has 96 valence electrons. The van der Waals surface area contributed by atoms with Gasteiger partial charge in [0.25, 0.3) is 0 Å². The molecule has 1 aromatic carbocycles. The molecule has 18 heavy (non-hydrogen) atoms. The van der Waals surface area contributed by atoms with Gasteiger partial charge in [-0.1, -0.05) is 38.1 Å². The molecule has 1 heterocycles. The fraction of sp³-hybridized carbons (Fsp3) is 0.400. The predicted molar refractivity (Wildman–Crippen MR) is 72.2 cm³/mol. The van der Waals surface area contributed by atoms with Crippen LogP contribution in [0.15, 0.2) is 30.3 Å². The van der Waals surface area contributed by atoms with Gasteiger partial charge in [-0.05, 0) is 23.1 Å². The predicted octanol–water partition coefficient (Wildman–Crippen LogP) is 2.03. The molecule has 1 N–H and O–H groups in total. The van der Waals surface area contributed by atoms with E-state index in [2.05, 4.69) is 26.0 Å². The molecule has 0 aliphatic carbocycles. The zero-order valence-electron chi connectivity index (χ0n) is 10.8. The molecule has 1 saturated heterocycles. The summed E-state index contributed by atoms with van der Waals surface area (Å²) in [6.45, 7) is 5.22. The molecule has 1 amide bonds. The second-order valence-electron chi connectivity index (χ2n) is 5.05. The molecular weight excluding hydrogens is 226 g/mol. The van der Waals surface area contributed by atoms with Gasteiger partial charge in [-0.3, -0.25) is 4.79 Å². The normalized spacial score (nSPS) is 16.3. The summed E-state index contributed by atoms with van der Waals surface area (Å²) in [6.07, 6.45) is 3.04. The van der Waals surface area contributed by atoms with Gasteiger partial charge in [-0.25, -0.2) is 0 Å². The first-order valence-electron chi connectivity index (χ1n) is 6.31. The minimum Gasteiger partial charge on any atom is -0.389 e. The van der Waals surface area contributed by atoms with Crippen LogP contribution in [-0.2, 0) is 4.79 Å². The topological polar surface area (TPSA) is 40.5 Å². The average Bonchev–Trinajstić information content (AvgIpc) is 2.32. The minimum absolute atomic E-state index is 0.0340. The van der Waals surface area contributed by atoms with Crippen molar-refractivity contribution < 1.29 is 9.90 Å². The zero-order chi connectivity index (χ0) is 13.1. The van der Waals surface area contributed by atoms with Crippen LogP contribution < -0.4 is 0 Å². The third-order valence-electron chi connectivity index (χ3n) is 3.20. The fourth-order valence-electron chi connectivity index (χ4n) is 1.90. The molecule has 0 aromatic heterocycles. The van der Waals surface area contributed by atoms with Crippen molar-refractivity contribution in [2.75, 3.05) is 13.1 Å². The summed E-state index contributed by atoms with van der Waals surface area (Å²) in [7, 11) is 0. The Bertz CT molecular complexity index is 442. The number of nitrogens with zero attached hydrogens (tertiary/aromatic N) is 1. The molecule has 3 heteroatoms. The van der Waals surface area contributed by atoms with Gasteiger partial charge in [0.1, 0.15) is 0 Å². The van der Waals surface area contributed by atoms with Gasteiger partial charge in [-0.2, -0.15) is 0 Å². The third-order valence-corrected chi connectivity index (χ3v) is 3.20. The van der Waals surface area contributed by atoms with E-state index in [0.29, 0.717) is 19.0 Å². The van der Waals surface area contributed by atoms with Crippen LogP contribution in [0.5, 0.6) is 0 Å². The number of carbonyl (C=O) groups is 1. The largest absolute Gasteiger partial charge is 0.389 e. The first kappa shape index (κ1) is 12.8. The van der Waals surface area contributed by atoms with E-state index in [1.165, 1.54) is 5.56 Å². The summed E-state index contributed by atoms with van der Waals surface area (Å²) >= 11 is 0. The molecule has 0 atom stereocenters. The Labute approximate surface area is 108 Å². The molecule has 2 rings (SSSR count). The van der Waals surface area contributed by atoms with E-state index >= 15 is 0 Å². The highest BCUT2D eigenvalue weighted by molar-refractivity contribution is 5.92. The summed E-state index contributed by atoms with van der Waals surface area (Å²) in [5, 5.41) is 9.12. The minimum atomic E-state index is -0.340. The molecule has 0 saturated carbocycles. The number of β-amino-alcohol motifs (C(OH)–C–C–N with tert-alkyl or cyclic N) is 1. The van der Waals surface area contributed by atoms with E-state index < -0.39 is 0 Å². The van der Waals surface area contributed by atoms with Crippen LogP contribution in [0.1, 0.15) is 30.9 Å². The van der Waals surface area contributed by atoms with Crippen molar-refractivity contribution in [2.45, 2.75) is 25.9 Å². The Balaban J connectivity index is 1.94. The van der Waals surface area contributed by atoms with E-state index in [1.54, 1.807) is 11.0 Å². The smallest absolute Gasteiger partial charge is 0.246 e. The van der Waals surface area contributed by atoms with Gasteiger partial charge in [0.2, 0.25) is 5.91 Å². The Morgan fingerprint density at radius 2 is 1.94 bits per heavy atom. The first-order chi connectivity index (χ1) is 8.56. The van der Waals surface area contributed by atoms with Gasteiger partial charge in [0.05, 0.1) is 6.10 Å². The summed E-state index contributed by atoms with van der Waals surface area (Å²) in [4.78, 5) is 13.3. The van der Waals surface area contributed by atoms with Crippen molar-refractivity contribution in [1.29, 1.82) is 0 Å². The lowest BCUT2D eigenvalue weighted by atomic mass is 10.0. The maximum Gasteiger partial charge on any atom is 0.246 e. The summed E-state index contributed by atoms with van der Waals surface area (Å²) < 4.78 is 0. The monoisotopic (exact) mass is 245 g/mol. The van der Waals surface area contributed by atoms with Gasteiger partial charge in [0, 0.05) is 19.2 Å². The number of aliphatic hydroxyl groups is 1. The maximum absolute atomic E-state index is 11.6. The number of carbonyl (C=O) groups excluding carboxylic acids is 1. The van der Waals surface area contributed by atoms with Crippen molar-refractivity contribution in [3.8, 4) is 0 Å². The molecule has 0 unspecified atom stereocenters. The second-order valence-corrected chi connectivity index (χ2v) is 5.05. The number of likely N-dealkylation sites (tertiary alicyclic amines) is 1. The van der Waals surface area contributed by atoms with Crippen molar-refractivity contribution in [2.24, 2.45) is 0 Å². The highest BCUT2D eigenvalue weighted by atomic mass is 16.3. The van der Waals surface area contributed by atoms with Crippen molar-refractivity contribution in [1.82, 2.24) is 4.90 Å². The van der Waals surface area contributed by atoms with Crippen LogP contribution in [0, 0.1) is 0 Å². The highest BCUT2D eigenvalue weighted by Crippen LogP contribution is 2.15. The van der Waals surface area contributed by atoms with E-state index in [1.807, 2.05) is 18.2 Å². The maximum atomic E-state index is 11.6. The standard InChI is InChI=1S/C15H19NO2/c1-11(2)13-6-3-12(4-7-13)5-8-15(18)16-9-14(17)10-16/h3-8,11,14,17H,9-10H2,1-2H3/b8-5+. The first-order valence-corrected chi connectivity index (χ1v) is 6.31.